The number of hydrogen-bond acceptors (Lipinski definition) is 4. The summed E-state index contributed by atoms with van der Waals surface area (Å²) in [6.07, 6.45) is 5.74. The minimum Gasteiger partial charge on any atom is -0.384 e. The van der Waals surface area contributed by atoms with Gasteiger partial charge in [0.2, 0.25) is 0 Å². The van der Waals surface area contributed by atoms with Gasteiger partial charge in [0, 0.05) is 16.7 Å². The van der Waals surface area contributed by atoms with E-state index in [0.29, 0.717) is 5.56 Å². The van der Waals surface area contributed by atoms with Crippen molar-refractivity contribution in [2.24, 2.45) is 0 Å². The SMILES string of the molecule is CSC1(CNC(=O)c2csc(C#CCO)c2)CCC1. The number of thioether (sulfide) groups is 1. The van der Waals surface area contributed by atoms with Crippen molar-refractivity contribution in [1.82, 2.24) is 5.32 Å². The predicted molar refractivity (Wildman–Crippen MR) is 80.7 cm³/mol. The largest absolute Gasteiger partial charge is 0.384 e. The van der Waals surface area contributed by atoms with Gasteiger partial charge in [-0.25, -0.2) is 0 Å². The van der Waals surface area contributed by atoms with Crippen LogP contribution in [0.1, 0.15) is 34.5 Å². The van der Waals surface area contributed by atoms with Crippen LogP contribution >= 0.6 is 23.1 Å². The summed E-state index contributed by atoms with van der Waals surface area (Å²) in [4.78, 5) is 12.8. The molecule has 0 spiro atoms. The van der Waals surface area contributed by atoms with E-state index in [9.17, 15) is 4.79 Å². The standard InChI is InChI=1S/C14H17NO2S2/c1-18-14(5-3-6-14)10-15-13(17)11-8-12(19-9-11)4-2-7-16/h8-9,16H,3,5-7,10H2,1H3,(H,15,17). The maximum absolute atomic E-state index is 12.0. The van der Waals surface area contributed by atoms with Gasteiger partial charge in [-0.05, 0) is 25.2 Å². The lowest BCUT2D eigenvalue weighted by Gasteiger charge is -2.40. The van der Waals surface area contributed by atoms with Crippen LogP contribution in [-0.2, 0) is 0 Å². The average Bonchev–Trinajstić information content (AvgIpc) is 2.84. The highest BCUT2D eigenvalue weighted by atomic mass is 32.2. The van der Waals surface area contributed by atoms with Crippen molar-refractivity contribution in [2.45, 2.75) is 24.0 Å². The van der Waals surface area contributed by atoms with Crippen LogP contribution in [0.15, 0.2) is 11.4 Å². The minimum atomic E-state index is -0.157. The topological polar surface area (TPSA) is 49.3 Å². The van der Waals surface area contributed by atoms with E-state index < -0.39 is 0 Å². The number of rotatable bonds is 4. The molecule has 3 nitrogen and oxygen atoms in total. The molecule has 1 aromatic rings. The van der Waals surface area contributed by atoms with Gasteiger partial charge in [-0.3, -0.25) is 4.79 Å². The van der Waals surface area contributed by atoms with E-state index in [1.165, 1.54) is 30.6 Å². The number of carbonyl (C=O) groups excluding carboxylic acids is 1. The van der Waals surface area contributed by atoms with Crippen LogP contribution in [0.25, 0.3) is 0 Å². The molecule has 0 unspecified atom stereocenters. The molecular formula is C14H17NO2S2. The fraction of sp³-hybridized carbons (Fsp3) is 0.500. The van der Waals surface area contributed by atoms with E-state index in [1.54, 1.807) is 6.07 Å². The summed E-state index contributed by atoms with van der Waals surface area (Å²) in [6.45, 7) is 0.580. The van der Waals surface area contributed by atoms with Crippen molar-refractivity contribution in [2.75, 3.05) is 19.4 Å². The molecule has 102 valence electrons. The van der Waals surface area contributed by atoms with E-state index in [-0.39, 0.29) is 17.3 Å². The number of aliphatic hydroxyl groups excluding tert-OH is 1. The highest BCUT2D eigenvalue weighted by molar-refractivity contribution is 8.00. The maximum atomic E-state index is 12.0. The molecule has 0 bridgehead atoms. The van der Waals surface area contributed by atoms with E-state index in [0.717, 1.165) is 11.4 Å². The van der Waals surface area contributed by atoms with Crippen molar-refractivity contribution in [3.63, 3.8) is 0 Å². The second-order valence-electron chi connectivity index (χ2n) is 4.58. The zero-order valence-electron chi connectivity index (χ0n) is 10.9. The Morgan fingerprint density at radius 1 is 1.63 bits per heavy atom. The number of hydrogen-bond donors (Lipinski definition) is 2. The molecule has 2 N–H and O–H groups in total. The molecule has 1 saturated carbocycles. The van der Waals surface area contributed by atoms with Crippen LogP contribution in [0, 0.1) is 11.8 Å². The smallest absolute Gasteiger partial charge is 0.252 e. The fourth-order valence-corrected chi connectivity index (χ4v) is 3.68. The first-order chi connectivity index (χ1) is 9.19. The molecule has 0 saturated heterocycles. The molecule has 0 atom stereocenters. The molecule has 0 radical (unpaired) electrons. The first-order valence-corrected chi connectivity index (χ1v) is 8.31. The predicted octanol–water partition coefficient (Wildman–Crippen LogP) is 2.11. The molecule has 19 heavy (non-hydrogen) atoms. The monoisotopic (exact) mass is 295 g/mol. The summed E-state index contributed by atoms with van der Waals surface area (Å²) in [6, 6.07) is 1.77. The summed E-state index contributed by atoms with van der Waals surface area (Å²) < 4.78 is 0.255. The van der Waals surface area contributed by atoms with E-state index in [2.05, 4.69) is 23.4 Å². The average molecular weight is 295 g/mol. The molecule has 1 amide bonds. The molecule has 1 fully saturated rings. The normalized spacial score (nSPS) is 16.1. The molecule has 0 aromatic carbocycles. The van der Waals surface area contributed by atoms with Crippen LogP contribution < -0.4 is 5.32 Å². The Kier molecular flexibility index (Phi) is 4.92. The molecule has 1 aromatic heterocycles. The molecule has 1 heterocycles. The Morgan fingerprint density at radius 2 is 2.42 bits per heavy atom. The Balaban J connectivity index is 1.91. The van der Waals surface area contributed by atoms with Gasteiger partial charge in [-0.2, -0.15) is 11.8 Å². The number of aliphatic hydroxyl groups is 1. The van der Waals surface area contributed by atoms with Crippen molar-refractivity contribution in [3.8, 4) is 11.8 Å². The summed E-state index contributed by atoms with van der Waals surface area (Å²) >= 11 is 3.28. The second kappa shape index (κ2) is 6.47. The van der Waals surface area contributed by atoms with Crippen LogP contribution in [0.3, 0.4) is 0 Å². The molecule has 2 rings (SSSR count). The number of nitrogens with one attached hydrogen (secondary N) is 1. The zero-order valence-corrected chi connectivity index (χ0v) is 12.5. The van der Waals surface area contributed by atoms with Gasteiger partial charge >= 0.3 is 0 Å². The van der Waals surface area contributed by atoms with Crippen molar-refractivity contribution in [1.29, 1.82) is 0 Å². The molecule has 5 heteroatoms. The number of thiophene rings is 1. The maximum Gasteiger partial charge on any atom is 0.252 e. The number of amides is 1. The Hall–Kier alpha value is -0.960. The van der Waals surface area contributed by atoms with Gasteiger partial charge in [0.1, 0.15) is 6.61 Å². The molecular weight excluding hydrogens is 278 g/mol. The Bertz CT molecular complexity index is 503. The lowest BCUT2D eigenvalue weighted by molar-refractivity contribution is 0.0944. The van der Waals surface area contributed by atoms with Gasteiger partial charge in [0.15, 0.2) is 0 Å². The first kappa shape index (κ1) is 14.4. The molecule has 0 aliphatic heterocycles. The fourth-order valence-electron chi connectivity index (χ4n) is 2.02. The summed E-state index contributed by atoms with van der Waals surface area (Å²) in [5.74, 6) is 5.36. The van der Waals surface area contributed by atoms with Crippen LogP contribution in [0.2, 0.25) is 0 Å². The quantitative estimate of drug-likeness (QED) is 0.837. The van der Waals surface area contributed by atoms with E-state index in [1.807, 2.05) is 17.1 Å². The third kappa shape index (κ3) is 3.53. The van der Waals surface area contributed by atoms with Crippen LogP contribution in [0.5, 0.6) is 0 Å². The van der Waals surface area contributed by atoms with Crippen molar-refractivity contribution >= 4 is 29.0 Å². The van der Waals surface area contributed by atoms with Gasteiger partial charge in [-0.15, -0.1) is 11.3 Å². The van der Waals surface area contributed by atoms with Crippen molar-refractivity contribution in [3.05, 3.63) is 21.9 Å². The van der Waals surface area contributed by atoms with E-state index in [4.69, 9.17) is 5.11 Å². The van der Waals surface area contributed by atoms with Gasteiger partial charge < -0.3 is 10.4 Å². The Morgan fingerprint density at radius 3 is 3.00 bits per heavy atom. The van der Waals surface area contributed by atoms with Crippen molar-refractivity contribution < 1.29 is 9.90 Å². The summed E-state index contributed by atoms with van der Waals surface area (Å²) in [5, 5.41) is 13.4. The first-order valence-electron chi connectivity index (χ1n) is 6.21. The van der Waals surface area contributed by atoms with Crippen LogP contribution in [-0.4, -0.2) is 35.2 Å². The van der Waals surface area contributed by atoms with Gasteiger partial charge in [0.25, 0.3) is 5.91 Å². The highest BCUT2D eigenvalue weighted by Crippen LogP contribution is 2.42. The summed E-state index contributed by atoms with van der Waals surface area (Å²) in [5.41, 5.74) is 0.655. The lowest BCUT2D eigenvalue weighted by atomic mass is 9.84. The third-order valence-electron chi connectivity index (χ3n) is 3.42. The molecule has 1 aliphatic carbocycles. The van der Waals surface area contributed by atoms with Gasteiger partial charge in [0.05, 0.1) is 10.4 Å². The highest BCUT2D eigenvalue weighted by Gasteiger charge is 2.36. The second-order valence-corrected chi connectivity index (χ2v) is 6.77. The number of carbonyl (C=O) groups is 1. The van der Waals surface area contributed by atoms with Gasteiger partial charge in [-0.1, -0.05) is 18.3 Å². The minimum absolute atomic E-state index is 0.0337. The molecule has 1 aliphatic rings. The lowest BCUT2D eigenvalue weighted by Crippen LogP contribution is -2.45. The summed E-state index contributed by atoms with van der Waals surface area (Å²) in [7, 11) is 0. The Labute approximate surface area is 121 Å². The van der Waals surface area contributed by atoms with E-state index >= 15 is 0 Å². The third-order valence-corrected chi connectivity index (χ3v) is 5.69. The van der Waals surface area contributed by atoms with Crippen LogP contribution in [0.4, 0.5) is 0 Å². The zero-order chi connectivity index (χ0) is 13.7.